The Morgan fingerprint density at radius 1 is 1.33 bits per heavy atom. The zero-order chi connectivity index (χ0) is 13.1. The highest BCUT2D eigenvalue weighted by Crippen LogP contribution is 2.19. The molecule has 92 valence electrons. The van der Waals surface area contributed by atoms with E-state index in [-0.39, 0.29) is 5.91 Å². The highest BCUT2D eigenvalue weighted by Gasteiger charge is 2.10. The number of pyridine rings is 1. The molecule has 2 aromatic heterocycles. The highest BCUT2D eigenvalue weighted by molar-refractivity contribution is 9.11. The maximum Gasteiger partial charge on any atom is 0.257 e. The van der Waals surface area contributed by atoms with Crippen LogP contribution in [0.3, 0.4) is 0 Å². The Labute approximate surface area is 120 Å². The topological polar surface area (TPSA) is 67.8 Å². The molecule has 2 aromatic rings. The minimum Gasteiger partial charge on any atom is -0.304 e. The number of aryl methyl sites for hydroxylation is 1. The van der Waals surface area contributed by atoms with Crippen molar-refractivity contribution in [2.45, 2.75) is 6.92 Å². The Morgan fingerprint density at radius 3 is 2.78 bits per heavy atom. The summed E-state index contributed by atoms with van der Waals surface area (Å²) >= 11 is 6.42. The Bertz CT molecular complexity index is 603. The number of nitrogens with one attached hydrogen (secondary N) is 1. The number of carbonyl (C=O) groups excluding carboxylic acids is 1. The summed E-state index contributed by atoms with van der Waals surface area (Å²) in [4.78, 5) is 24.1. The van der Waals surface area contributed by atoms with Gasteiger partial charge >= 0.3 is 0 Å². The summed E-state index contributed by atoms with van der Waals surface area (Å²) < 4.78 is 1.06. The average molecular weight is 372 g/mol. The van der Waals surface area contributed by atoms with Gasteiger partial charge in [0.25, 0.3) is 5.91 Å². The number of anilines is 1. The van der Waals surface area contributed by atoms with E-state index in [9.17, 15) is 4.79 Å². The van der Waals surface area contributed by atoms with E-state index in [1.54, 1.807) is 18.3 Å². The fraction of sp³-hybridized carbons (Fsp3) is 0.0909. The molecule has 0 unspecified atom stereocenters. The van der Waals surface area contributed by atoms with Crippen molar-refractivity contribution in [1.82, 2.24) is 15.0 Å². The Balaban J connectivity index is 2.21. The molecule has 0 aliphatic heterocycles. The number of amides is 1. The standard InChI is InChI=1S/C11H8Br2N4O/c1-6-4-7(2-3-14-6)11(18)17-10-9(13)16-8(12)5-15-10/h2-5H,1H3,(H,15,17,18). The predicted molar refractivity (Wildman–Crippen MR) is 74.4 cm³/mol. The highest BCUT2D eigenvalue weighted by atomic mass is 79.9. The van der Waals surface area contributed by atoms with Crippen LogP contribution in [0.2, 0.25) is 0 Å². The van der Waals surface area contributed by atoms with Gasteiger partial charge in [-0.25, -0.2) is 9.97 Å². The number of carbonyl (C=O) groups is 1. The maximum atomic E-state index is 12.0. The molecule has 5 nitrogen and oxygen atoms in total. The Morgan fingerprint density at radius 2 is 2.11 bits per heavy atom. The van der Waals surface area contributed by atoms with Crippen LogP contribution in [-0.4, -0.2) is 20.9 Å². The van der Waals surface area contributed by atoms with Crippen LogP contribution in [0.25, 0.3) is 0 Å². The van der Waals surface area contributed by atoms with Gasteiger partial charge in [0, 0.05) is 17.5 Å². The second-order valence-corrected chi connectivity index (χ2v) is 5.04. The molecule has 0 atom stereocenters. The van der Waals surface area contributed by atoms with E-state index < -0.39 is 0 Å². The van der Waals surface area contributed by atoms with Crippen molar-refractivity contribution in [1.29, 1.82) is 0 Å². The Hall–Kier alpha value is -1.34. The molecule has 0 saturated heterocycles. The predicted octanol–water partition coefficient (Wildman–Crippen LogP) is 2.96. The first-order valence-electron chi connectivity index (χ1n) is 4.98. The molecule has 1 N–H and O–H groups in total. The summed E-state index contributed by atoms with van der Waals surface area (Å²) in [5.74, 6) is 0.121. The first kappa shape index (κ1) is 13.1. The summed E-state index contributed by atoms with van der Waals surface area (Å²) in [5, 5.41) is 2.67. The normalized spacial score (nSPS) is 10.2. The first-order valence-corrected chi connectivity index (χ1v) is 6.57. The first-order chi connectivity index (χ1) is 8.56. The molecule has 0 aromatic carbocycles. The van der Waals surface area contributed by atoms with Gasteiger partial charge in [0.15, 0.2) is 5.82 Å². The SMILES string of the molecule is Cc1cc(C(=O)Nc2ncc(Br)nc2Br)ccn1. The van der Waals surface area contributed by atoms with Gasteiger partial charge in [-0.1, -0.05) is 0 Å². The van der Waals surface area contributed by atoms with Gasteiger partial charge in [-0.2, -0.15) is 0 Å². The molecule has 7 heteroatoms. The number of hydrogen-bond acceptors (Lipinski definition) is 4. The summed E-state index contributed by atoms with van der Waals surface area (Å²) in [5.41, 5.74) is 1.31. The summed E-state index contributed by atoms with van der Waals surface area (Å²) in [7, 11) is 0. The van der Waals surface area contributed by atoms with Gasteiger partial charge in [-0.15, -0.1) is 0 Å². The fourth-order valence-electron chi connectivity index (χ4n) is 1.30. The molecule has 0 aliphatic rings. The van der Waals surface area contributed by atoms with E-state index in [0.29, 0.717) is 20.6 Å². The van der Waals surface area contributed by atoms with Crippen LogP contribution in [-0.2, 0) is 0 Å². The van der Waals surface area contributed by atoms with Crippen LogP contribution >= 0.6 is 31.9 Å². The lowest BCUT2D eigenvalue weighted by Crippen LogP contribution is -2.14. The molecule has 0 spiro atoms. The Kier molecular flexibility index (Phi) is 4.03. The van der Waals surface area contributed by atoms with E-state index in [0.717, 1.165) is 5.69 Å². The third-order valence-electron chi connectivity index (χ3n) is 2.09. The van der Waals surface area contributed by atoms with Crippen molar-refractivity contribution >= 4 is 43.6 Å². The van der Waals surface area contributed by atoms with Crippen molar-refractivity contribution < 1.29 is 4.79 Å². The lowest BCUT2D eigenvalue weighted by atomic mass is 10.2. The molecule has 18 heavy (non-hydrogen) atoms. The van der Waals surface area contributed by atoms with Crippen LogP contribution < -0.4 is 5.32 Å². The quantitative estimate of drug-likeness (QED) is 0.881. The summed E-state index contributed by atoms with van der Waals surface area (Å²) in [6, 6.07) is 3.35. The summed E-state index contributed by atoms with van der Waals surface area (Å²) in [6.07, 6.45) is 3.10. The van der Waals surface area contributed by atoms with E-state index >= 15 is 0 Å². The zero-order valence-corrected chi connectivity index (χ0v) is 12.5. The van der Waals surface area contributed by atoms with Gasteiger partial charge in [-0.3, -0.25) is 9.78 Å². The lowest BCUT2D eigenvalue weighted by molar-refractivity contribution is 0.102. The van der Waals surface area contributed by atoms with Crippen LogP contribution in [0.15, 0.2) is 33.7 Å². The maximum absolute atomic E-state index is 12.0. The van der Waals surface area contributed by atoms with Crippen LogP contribution in [0, 0.1) is 6.92 Å². The van der Waals surface area contributed by atoms with Crippen molar-refractivity contribution in [3.63, 3.8) is 0 Å². The van der Waals surface area contributed by atoms with Crippen molar-refractivity contribution in [3.8, 4) is 0 Å². The lowest BCUT2D eigenvalue weighted by Gasteiger charge is -2.06. The minimum atomic E-state index is -0.252. The van der Waals surface area contributed by atoms with Crippen molar-refractivity contribution in [2.75, 3.05) is 5.32 Å². The molecular formula is C11H8Br2N4O. The monoisotopic (exact) mass is 370 g/mol. The molecule has 0 saturated carbocycles. The minimum absolute atomic E-state index is 0.252. The number of hydrogen-bond donors (Lipinski definition) is 1. The fourth-order valence-corrected chi connectivity index (χ4v) is 2.21. The molecule has 0 fully saturated rings. The van der Waals surface area contributed by atoms with Gasteiger partial charge in [-0.05, 0) is 50.9 Å². The van der Waals surface area contributed by atoms with Gasteiger partial charge in [0.05, 0.1) is 6.20 Å². The molecule has 0 aliphatic carbocycles. The summed E-state index contributed by atoms with van der Waals surface area (Å²) in [6.45, 7) is 1.83. The number of nitrogens with zero attached hydrogens (tertiary/aromatic N) is 3. The van der Waals surface area contributed by atoms with E-state index in [4.69, 9.17) is 0 Å². The molecule has 0 radical (unpaired) electrons. The molecule has 2 rings (SSSR count). The van der Waals surface area contributed by atoms with Gasteiger partial charge in [0.1, 0.15) is 9.21 Å². The van der Waals surface area contributed by atoms with Crippen molar-refractivity contribution in [2.24, 2.45) is 0 Å². The number of rotatable bonds is 2. The molecule has 2 heterocycles. The van der Waals surface area contributed by atoms with Crippen LogP contribution in [0.1, 0.15) is 16.1 Å². The third-order valence-corrected chi connectivity index (χ3v) is 3.03. The van der Waals surface area contributed by atoms with Crippen LogP contribution in [0.4, 0.5) is 5.82 Å². The molecular weight excluding hydrogens is 364 g/mol. The van der Waals surface area contributed by atoms with Crippen LogP contribution in [0.5, 0.6) is 0 Å². The second-order valence-electron chi connectivity index (χ2n) is 3.47. The zero-order valence-electron chi connectivity index (χ0n) is 9.32. The van der Waals surface area contributed by atoms with E-state index in [1.165, 1.54) is 6.20 Å². The van der Waals surface area contributed by atoms with Gasteiger partial charge in [0.2, 0.25) is 0 Å². The van der Waals surface area contributed by atoms with Gasteiger partial charge < -0.3 is 5.32 Å². The molecule has 0 bridgehead atoms. The largest absolute Gasteiger partial charge is 0.304 e. The van der Waals surface area contributed by atoms with Crippen molar-refractivity contribution in [3.05, 3.63) is 45.0 Å². The second kappa shape index (κ2) is 5.53. The number of halogens is 2. The smallest absolute Gasteiger partial charge is 0.257 e. The van der Waals surface area contributed by atoms with E-state index in [2.05, 4.69) is 52.1 Å². The number of aromatic nitrogens is 3. The van der Waals surface area contributed by atoms with E-state index in [1.807, 2.05) is 6.92 Å². The average Bonchev–Trinajstić information content (AvgIpc) is 2.32. The molecule has 1 amide bonds. The third kappa shape index (κ3) is 3.11.